The van der Waals surface area contributed by atoms with E-state index in [0.717, 1.165) is 25.9 Å². The molecule has 5 heteroatoms. The predicted molar refractivity (Wildman–Crippen MR) is 86.9 cm³/mol. The summed E-state index contributed by atoms with van der Waals surface area (Å²) < 4.78 is 0. The number of aromatic nitrogens is 1. The third-order valence-corrected chi connectivity index (χ3v) is 4.01. The predicted octanol–water partition coefficient (Wildman–Crippen LogP) is 2.59. The average molecular weight is 303 g/mol. The summed E-state index contributed by atoms with van der Waals surface area (Å²) in [5.74, 6) is 0.458. The number of nitrogens with one attached hydrogen (secondary N) is 1. The number of piperidine rings is 1. The molecule has 0 radical (unpaired) electrons. The zero-order valence-corrected chi connectivity index (χ0v) is 13.8. The first-order valence-corrected chi connectivity index (χ1v) is 7.78. The van der Waals surface area contributed by atoms with Crippen LogP contribution in [0.4, 0.5) is 5.82 Å². The van der Waals surface area contributed by atoms with E-state index in [4.69, 9.17) is 0 Å². The van der Waals surface area contributed by atoms with Crippen molar-refractivity contribution in [1.29, 1.82) is 0 Å². The minimum atomic E-state index is -0.490. The Morgan fingerprint density at radius 1 is 1.23 bits per heavy atom. The molecule has 1 fully saturated rings. The highest BCUT2D eigenvalue weighted by atomic mass is 16.2. The van der Waals surface area contributed by atoms with Crippen LogP contribution in [0.2, 0.25) is 0 Å². The maximum absolute atomic E-state index is 12.5. The van der Waals surface area contributed by atoms with Crippen molar-refractivity contribution in [2.75, 3.05) is 25.5 Å². The molecule has 1 aromatic heterocycles. The summed E-state index contributed by atoms with van der Waals surface area (Å²) in [6.07, 6.45) is 1.74. The Labute approximate surface area is 132 Å². The molecule has 1 N–H and O–H groups in total. The van der Waals surface area contributed by atoms with Crippen molar-refractivity contribution in [2.45, 2.75) is 33.6 Å². The van der Waals surface area contributed by atoms with Crippen molar-refractivity contribution in [1.82, 2.24) is 9.88 Å². The Morgan fingerprint density at radius 2 is 1.86 bits per heavy atom. The Morgan fingerprint density at radius 3 is 2.45 bits per heavy atom. The van der Waals surface area contributed by atoms with Crippen molar-refractivity contribution < 1.29 is 9.59 Å². The van der Waals surface area contributed by atoms with E-state index in [1.165, 1.54) is 0 Å². The first kappa shape index (κ1) is 16.6. The number of rotatable bonds is 3. The fourth-order valence-electron chi connectivity index (χ4n) is 2.43. The fraction of sp³-hybridized carbons (Fsp3) is 0.588. The Kier molecular flexibility index (Phi) is 4.96. The maximum atomic E-state index is 12.5. The van der Waals surface area contributed by atoms with E-state index in [2.05, 4.69) is 22.2 Å². The zero-order valence-electron chi connectivity index (χ0n) is 13.8. The second-order valence-corrected chi connectivity index (χ2v) is 7.05. The molecule has 2 heterocycles. The maximum Gasteiger partial charge on any atom is 0.230 e. The normalized spacial score (nSPS) is 17.3. The van der Waals surface area contributed by atoms with Crippen LogP contribution in [0.25, 0.3) is 0 Å². The van der Waals surface area contributed by atoms with Gasteiger partial charge in [0.1, 0.15) is 11.5 Å². The summed E-state index contributed by atoms with van der Waals surface area (Å²) in [6, 6.07) is 5.22. The van der Waals surface area contributed by atoms with Crippen molar-refractivity contribution >= 4 is 17.5 Å². The van der Waals surface area contributed by atoms with Gasteiger partial charge in [-0.1, -0.05) is 26.8 Å². The van der Waals surface area contributed by atoms with Crippen molar-refractivity contribution in [3.05, 3.63) is 23.9 Å². The van der Waals surface area contributed by atoms with Gasteiger partial charge in [0, 0.05) is 11.3 Å². The molecule has 0 spiro atoms. The Balaban J connectivity index is 2.08. The van der Waals surface area contributed by atoms with Crippen LogP contribution in [0.3, 0.4) is 0 Å². The number of hydrogen-bond donors (Lipinski definition) is 1. The van der Waals surface area contributed by atoms with Gasteiger partial charge < -0.3 is 10.2 Å². The lowest BCUT2D eigenvalue weighted by Crippen LogP contribution is -2.34. The molecule has 120 valence electrons. The van der Waals surface area contributed by atoms with Gasteiger partial charge in [0.15, 0.2) is 5.78 Å². The van der Waals surface area contributed by atoms with E-state index in [0.29, 0.717) is 11.5 Å². The highest BCUT2D eigenvalue weighted by molar-refractivity contribution is 5.98. The first-order chi connectivity index (χ1) is 10.3. The van der Waals surface area contributed by atoms with Gasteiger partial charge in [0.25, 0.3) is 0 Å². The lowest BCUT2D eigenvalue weighted by molar-refractivity contribution is -0.123. The van der Waals surface area contributed by atoms with Gasteiger partial charge in [-0.15, -0.1) is 0 Å². The van der Waals surface area contributed by atoms with E-state index in [1.807, 2.05) is 20.8 Å². The minimum absolute atomic E-state index is 0.0391. The molecule has 0 atom stereocenters. The summed E-state index contributed by atoms with van der Waals surface area (Å²) in [4.78, 5) is 31.1. The number of Topliss-reactive ketones (excluding diaryl/α,β-unsaturated/α-hetero) is 1. The van der Waals surface area contributed by atoms with E-state index in [-0.39, 0.29) is 17.6 Å². The van der Waals surface area contributed by atoms with E-state index >= 15 is 0 Å². The molecule has 5 nitrogen and oxygen atoms in total. The molecule has 0 unspecified atom stereocenters. The summed E-state index contributed by atoms with van der Waals surface area (Å²) in [5.41, 5.74) is -0.0448. The average Bonchev–Trinajstić information content (AvgIpc) is 2.46. The SMILES string of the molecule is CN1CCC(C(=O)c2cccc(NC(=O)C(C)(C)C)n2)CC1. The second-order valence-electron chi connectivity index (χ2n) is 7.05. The molecule has 1 aliphatic rings. The number of carbonyl (C=O) groups is 2. The largest absolute Gasteiger partial charge is 0.310 e. The van der Waals surface area contributed by atoms with Crippen LogP contribution < -0.4 is 5.32 Å². The van der Waals surface area contributed by atoms with Crippen molar-refractivity contribution in [2.24, 2.45) is 11.3 Å². The van der Waals surface area contributed by atoms with Gasteiger partial charge >= 0.3 is 0 Å². The third kappa shape index (κ3) is 4.13. The van der Waals surface area contributed by atoms with Gasteiger partial charge in [0.2, 0.25) is 5.91 Å². The topological polar surface area (TPSA) is 62.3 Å². The number of ketones is 1. The van der Waals surface area contributed by atoms with Gasteiger partial charge in [-0.25, -0.2) is 4.98 Å². The number of anilines is 1. The molecule has 1 amide bonds. The van der Waals surface area contributed by atoms with E-state index in [9.17, 15) is 9.59 Å². The third-order valence-electron chi connectivity index (χ3n) is 4.01. The minimum Gasteiger partial charge on any atom is -0.310 e. The summed E-state index contributed by atoms with van der Waals surface area (Å²) in [7, 11) is 2.07. The highest BCUT2D eigenvalue weighted by Gasteiger charge is 2.26. The Bertz CT molecular complexity index is 555. The van der Waals surface area contributed by atoms with Crippen LogP contribution in [-0.4, -0.2) is 41.7 Å². The zero-order chi connectivity index (χ0) is 16.3. The number of nitrogens with zero attached hydrogens (tertiary/aromatic N) is 2. The van der Waals surface area contributed by atoms with Gasteiger partial charge in [-0.05, 0) is 45.1 Å². The van der Waals surface area contributed by atoms with E-state index in [1.54, 1.807) is 18.2 Å². The van der Waals surface area contributed by atoms with Gasteiger partial charge in [0.05, 0.1) is 0 Å². The quantitative estimate of drug-likeness (QED) is 0.872. The number of pyridine rings is 1. The fourth-order valence-corrected chi connectivity index (χ4v) is 2.43. The van der Waals surface area contributed by atoms with Crippen LogP contribution in [0, 0.1) is 11.3 Å². The van der Waals surface area contributed by atoms with Crippen LogP contribution in [0.15, 0.2) is 18.2 Å². The van der Waals surface area contributed by atoms with Crippen LogP contribution in [0.1, 0.15) is 44.1 Å². The number of carbonyl (C=O) groups excluding carboxylic acids is 2. The van der Waals surface area contributed by atoms with Gasteiger partial charge in [-0.2, -0.15) is 0 Å². The molecular formula is C17H25N3O2. The van der Waals surface area contributed by atoms with Crippen LogP contribution >= 0.6 is 0 Å². The second kappa shape index (κ2) is 6.57. The van der Waals surface area contributed by atoms with Crippen LogP contribution in [-0.2, 0) is 4.79 Å². The summed E-state index contributed by atoms with van der Waals surface area (Å²) in [5, 5.41) is 2.78. The molecule has 0 aromatic carbocycles. The monoisotopic (exact) mass is 303 g/mol. The van der Waals surface area contributed by atoms with Gasteiger partial charge in [-0.3, -0.25) is 9.59 Å². The molecule has 22 heavy (non-hydrogen) atoms. The smallest absolute Gasteiger partial charge is 0.230 e. The highest BCUT2D eigenvalue weighted by Crippen LogP contribution is 2.21. The lowest BCUT2D eigenvalue weighted by Gasteiger charge is -2.27. The molecule has 2 rings (SSSR count). The lowest BCUT2D eigenvalue weighted by atomic mass is 9.91. The summed E-state index contributed by atoms with van der Waals surface area (Å²) >= 11 is 0. The molecule has 1 aliphatic heterocycles. The van der Waals surface area contributed by atoms with Crippen molar-refractivity contribution in [3.63, 3.8) is 0 Å². The number of hydrogen-bond acceptors (Lipinski definition) is 4. The van der Waals surface area contributed by atoms with E-state index < -0.39 is 5.41 Å². The molecule has 0 aliphatic carbocycles. The van der Waals surface area contributed by atoms with Crippen molar-refractivity contribution in [3.8, 4) is 0 Å². The molecule has 1 aromatic rings. The molecule has 1 saturated heterocycles. The molecule has 0 bridgehead atoms. The standard InChI is InChI=1S/C17H25N3O2/c1-17(2,3)16(22)19-14-7-5-6-13(18-14)15(21)12-8-10-20(4)11-9-12/h5-7,12H,8-11H2,1-4H3,(H,18,19,22). The first-order valence-electron chi connectivity index (χ1n) is 7.78. The number of amides is 1. The molecule has 0 saturated carbocycles. The molecular weight excluding hydrogens is 278 g/mol. The Hall–Kier alpha value is -1.75. The number of likely N-dealkylation sites (tertiary alicyclic amines) is 1. The van der Waals surface area contributed by atoms with Crippen LogP contribution in [0.5, 0.6) is 0 Å². The summed E-state index contributed by atoms with van der Waals surface area (Å²) in [6.45, 7) is 7.41.